The van der Waals surface area contributed by atoms with E-state index in [9.17, 15) is 14.7 Å². The first-order chi connectivity index (χ1) is 11.0. The molecule has 2 aromatic rings. The summed E-state index contributed by atoms with van der Waals surface area (Å²) in [4.78, 5) is 22.8. The monoisotopic (exact) mass is 315 g/mol. The number of ether oxygens (including phenoxy) is 1. The minimum absolute atomic E-state index is 0.0643. The molecule has 1 atom stereocenters. The van der Waals surface area contributed by atoms with Crippen LogP contribution < -0.4 is 5.32 Å². The Bertz CT molecular complexity index is 654. The summed E-state index contributed by atoms with van der Waals surface area (Å²) in [5, 5.41) is 20.8. The third-order valence-electron chi connectivity index (χ3n) is 3.18. The lowest BCUT2D eigenvalue weighted by Crippen LogP contribution is -2.30. The molecule has 0 unspecified atom stereocenters. The molecule has 0 aromatic heterocycles. The number of carboxylic acid groups (broad SMARTS) is 1. The lowest BCUT2D eigenvalue weighted by molar-refractivity contribution is -0.137. The molecule has 0 fully saturated rings. The van der Waals surface area contributed by atoms with Crippen LogP contribution in [0.5, 0.6) is 5.75 Å². The fraction of sp³-hybridized carbons (Fsp3) is 0.176. The molecule has 0 saturated carbocycles. The lowest BCUT2D eigenvalue weighted by atomic mass is 10.0. The molecule has 0 heterocycles. The van der Waals surface area contributed by atoms with Crippen molar-refractivity contribution >= 4 is 12.1 Å². The predicted octanol–water partition coefficient (Wildman–Crippen LogP) is 2.83. The number of phenolic OH excluding ortho intramolecular Hbond substituents is 1. The number of rotatable bonds is 6. The Balaban J connectivity index is 1.98. The van der Waals surface area contributed by atoms with Crippen LogP contribution in [0.15, 0.2) is 54.6 Å². The van der Waals surface area contributed by atoms with Crippen LogP contribution in [0.25, 0.3) is 0 Å². The normalized spacial score (nSPS) is 11.5. The third kappa shape index (κ3) is 5.35. The van der Waals surface area contributed by atoms with Crippen molar-refractivity contribution < 1.29 is 24.5 Å². The number of phenols is 1. The van der Waals surface area contributed by atoms with E-state index in [2.05, 4.69) is 5.32 Å². The van der Waals surface area contributed by atoms with Gasteiger partial charge in [0.1, 0.15) is 12.4 Å². The number of carboxylic acids is 1. The average Bonchev–Trinajstić information content (AvgIpc) is 2.53. The maximum atomic E-state index is 11.9. The van der Waals surface area contributed by atoms with E-state index in [1.54, 1.807) is 12.1 Å². The zero-order chi connectivity index (χ0) is 16.7. The predicted molar refractivity (Wildman–Crippen MR) is 82.9 cm³/mol. The molecule has 2 rings (SSSR count). The minimum atomic E-state index is -1.05. The van der Waals surface area contributed by atoms with Gasteiger partial charge in [0.15, 0.2) is 0 Å². The van der Waals surface area contributed by atoms with Crippen LogP contribution in [-0.4, -0.2) is 22.3 Å². The minimum Gasteiger partial charge on any atom is -0.508 e. The smallest absolute Gasteiger partial charge is 0.407 e. The van der Waals surface area contributed by atoms with E-state index in [1.807, 2.05) is 30.3 Å². The van der Waals surface area contributed by atoms with E-state index >= 15 is 0 Å². The van der Waals surface area contributed by atoms with Gasteiger partial charge in [-0.15, -0.1) is 0 Å². The molecule has 6 heteroatoms. The maximum Gasteiger partial charge on any atom is 0.407 e. The summed E-state index contributed by atoms with van der Waals surface area (Å²) in [6.45, 7) is 0.0992. The van der Waals surface area contributed by atoms with E-state index in [-0.39, 0.29) is 18.8 Å². The standard InChI is InChI=1S/C17H17NO5/c19-14-8-6-13(7-9-14)15(10-16(20)21)18-17(22)23-11-12-4-2-1-3-5-12/h1-9,15,19H,10-11H2,(H,18,22)(H,20,21)/t15-/m0/s1. The van der Waals surface area contributed by atoms with Gasteiger partial charge in [0.25, 0.3) is 0 Å². The van der Waals surface area contributed by atoms with Gasteiger partial charge >= 0.3 is 12.1 Å². The number of benzene rings is 2. The molecule has 3 N–H and O–H groups in total. The first kappa shape index (κ1) is 16.4. The lowest BCUT2D eigenvalue weighted by Gasteiger charge is -2.17. The molecular formula is C17H17NO5. The van der Waals surface area contributed by atoms with Crippen molar-refractivity contribution in [2.75, 3.05) is 0 Å². The van der Waals surface area contributed by atoms with Gasteiger partial charge in [-0.2, -0.15) is 0 Å². The second kappa shape index (κ2) is 7.84. The van der Waals surface area contributed by atoms with Crippen LogP contribution in [0.4, 0.5) is 4.79 Å². The Kier molecular flexibility index (Phi) is 5.57. The van der Waals surface area contributed by atoms with Crippen LogP contribution >= 0.6 is 0 Å². The molecular weight excluding hydrogens is 298 g/mol. The topological polar surface area (TPSA) is 95.9 Å². The van der Waals surface area contributed by atoms with Gasteiger partial charge in [-0.3, -0.25) is 4.79 Å². The summed E-state index contributed by atoms with van der Waals surface area (Å²) in [6, 6.07) is 14.4. The van der Waals surface area contributed by atoms with E-state index in [0.717, 1.165) is 5.56 Å². The molecule has 1 amide bonds. The van der Waals surface area contributed by atoms with Crippen molar-refractivity contribution in [1.82, 2.24) is 5.32 Å². The summed E-state index contributed by atoms with van der Waals surface area (Å²) in [5.74, 6) is -0.985. The number of alkyl carbamates (subject to hydrolysis) is 1. The molecule has 0 aliphatic heterocycles. The van der Waals surface area contributed by atoms with E-state index in [4.69, 9.17) is 9.84 Å². The number of hydrogen-bond acceptors (Lipinski definition) is 4. The summed E-state index contributed by atoms with van der Waals surface area (Å²) in [7, 11) is 0. The van der Waals surface area contributed by atoms with Crippen molar-refractivity contribution in [2.45, 2.75) is 19.1 Å². The fourth-order valence-corrected chi connectivity index (χ4v) is 2.04. The van der Waals surface area contributed by atoms with Crippen molar-refractivity contribution in [3.63, 3.8) is 0 Å². The highest BCUT2D eigenvalue weighted by molar-refractivity contribution is 5.72. The molecule has 0 radical (unpaired) electrons. The fourth-order valence-electron chi connectivity index (χ4n) is 2.04. The molecule has 2 aromatic carbocycles. The summed E-state index contributed by atoms with van der Waals surface area (Å²) in [6.07, 6.45) is -0.987. The van der Waals surface area contributed by atoms with E-state index in [1.165, 1.54) is 12.1 Å². The van der Waals surface area contributed by atoms with Gasteiger partial charge < -0.3 is 20.3 Å². The van der Waals surface area contributed by atoms with Crippen LogP contribution in [-0.2, 0) is 16.1 Å². The van der Waals surface area contributed by atoms with Crippen LogP contribution in [0.2, 0.25) is 0 Å². The van der Waals surface area contributed by atoms with Gasteiger partial charge in [0.05, 0.1) is 12.5 Å². The van der Waals surface area contributed by atoms with Gasteiger partial charge in [-0.05, 0) is 23.3 Å². The Hall–Kier alpha value is -3.02. The average molecular weight is 315 g/mol. The number of amides is 1. The number of aromatic hydroxyl groups is 1. The number of hydrogen-bond donors (Lipinski definition) is 3. The largest absolute Gasteiger partial charge is 0.508 e. The number of carbonyl (C=O) groups is 2. The van der Waals surface area contributed by atoms with Crippen LogP contribution in [0.3, 0.4) is 0 Å². The van der Waals surface area contributed by atoms with Gasteiger partial charge in [0.2, 0.25) is 0 Å². The molecule has 0 spiro atoms. The highest BCUT2D eigenvalue weighted by Gasteiger charge is 2.19. The first-order valence-corrected chi connectivity index (χ1v) is 7.02. The van der Waals surface area contributed by atoms with Gasteiger partial charge in [-0.25, -0.2) is 4.79 Å². The van der Waals surface area contributed by atoms with E-state index < -0.39 is 18.1 Å². The van der Waals surface area contributed by atoms with Crippen LogP contribution in [0.1, 0.15) is 23.6 Å². The van der Waals surface area contributed by atoms with Gasteiger partial charge in [0, 0.05) is 0 Å². The number of carbonyl (C=O) groups excluding carboxylic acids is 1. The van der Waals surface area contributed by atoms with Crippen molar-refractivity contribution in [3.8, 4) is 5.75 Å². The quantitative estimate of drug-likeness (QED) is 0.762. The maximum absolute atomic E-state index is 11.9. The zero-order valence-corrected chi connectivity index (χ0v) is 12.3. The summed E-state index contributed by atoms with van der Waals surface area (Å²) < 4.78 is 5.09. The number of aliphatic carboxylic acids is 1. The Labute approximate surface area is 133 Å². The highest BCUT2D eigenvalue weighted by Crippen LogP contribution is 2.20. The highest BCUT2D eigenvalue weighted by atomic mass is 16.5. The second-order valence-electron chi connectivity index (χ2n) is 4.95. The third-order valence-corrected chi connectivity index (χ3v) is 3.18. The molecule has 23 heavy (non-hydrogen) atoms. The summed E-state index contributed by atoms with van der Waals surface area (Å²) >= 11 is 0. The molecule has 0 aliphatic rings. The SMILES string of the molecule is O=C(O)C[C@H](NC(=O)OCc1ccccc1)c1ccc(O)cc1. The zero-order valence-electron chi connectivity index (χ0n) is 12.3. The molecule has 120 valence electrons. The van der Waals surface area contributed by atoms with Crippen molar-refractivity contribution in [2.24, 2.45) is 0 Å². The van der Waals surface area contributed by atoms with Gasteiger partial charge in [-0.1, -0.05) is 42.5 Å². The molecule has 0 bridgehead atoms. The molecule has 0 saturated heterocycles. The molecule has 0 aliphatic carbocycles. The van der Waals surface area contributed by atoms with Crippen molar-refractivity contribution in [1.29, 1.82) is 0 Å². The first-order valence-electron chi connectivity index (χ1n) is 7.02. The molecule has 6 nitrogen and oxygen atoms in total. The number of nitrogens with one attached hydrogen (secondary N) is 1. The second-order valence-corrected chi connectivity index (χ2v) is 4.95. The van der Waals surface area contributed by atoms with E-state index in [0.29, 0.717) is 5.56 Å². The van der Waals surface area contributed by atoms with Crippen LogP contribution in [0, 0.1) is 0 Å². The van der Waals surface area contributed by atoms with Crippen molar-refractivity contribution in [3.05, 3.63) is 65.7 Å². The Morgan fingerprint density at radius 1 is 1.04 bits per heavy atom. The Morgan fingerprint density at radius 2 is 1.70 bits per heavy atom. The Morgan fingerprint density at radius 3 is 2.30 bits per heavy atom. The summed E-state index contributed by atoms with van der Waals surface area (Å²) in [5.41, 5.74) is 1.41.